The number of furan rings is 1. The van der Waals surface area contributed by atoms with Crippen LogP contribution in [-0.2, 0) is 0 Å². The van der Waals surface area contributed by atoms with Gasteiger partial charge in [-0.25, -0.2) is 0 Å². The van der Waals surface area contributed by atoms with Crippen molar-refractivity contribution in [2.75, 3.05) is 0 Å². The maximum absolute atomic E-state index is 12.1. The molecule has 0 aliphatic heterocycles. The standard InChI is InChI=1S/C14H14O2S/c1-10-13(8-9-16-10)17-11(2)14(15)12-6-4-3-5-7-12/h3-9,11H,1-2H3. The molecule has 0 N–H and O–H groups in total. The van der Waals surface area contributed by atoms with Crippen LogP contribution in [0.2, 0.25) is 0 Å². The first kappa shape index (κ1) is 12.0. The Morgan fingerprint density at radius 2 is 1.94 bits per heavy atom. The third-order valence-electron chi connectivity index (χ3n) is 2.54. The van der Waals surface area contributed by atoms with Gasteiger partial charge in [-0.3, -0.25) is 4.79 Å². The highest BCUT2D eigenvalue weighted by Crippen LogP contribution is 2.28. The average Bonchev–Trinajstić information content (AvgIpc) is 2.75. The highest BCUT2D eigenvalue weighted by Gasteiger charge is 2.17. The minimum Gasteiger partial charge on any atom is -0.468 e. The van der Waals surface area contributed by atoms with Gasteiger partial charge in [-0.1, -0.05) is 30.3 Å². The van der Waals surface area contributed by atoms with Crippen molar-refractivity contribution < 1.29 is 9.21 Å². The molecule has 0 saturated carbocycles. The minimum absolute atomic E-state index is 0.103. The Bertz CT molecular complexity index is 502. The van der Waals surface area contributed by atoms with Crippen LogP contribution in [0.25, 0.3) is 0 Å². The van der Waals surface area contributed by atoms with E-state index in [1.807, 2.05) is 50.2 Å². The first-order valence-corrected chi connectivity index (χ1v) is 6.36. The number of carbonyl (C=O) groups is 1. The number of hydrogen-bond donors (Lipinski definition) is 0. The molecule has 17 heavy (non-hydrogen) atoms. The number of ketones is 1. The van der Waals surface area contributed by atoms with Crippen molar-refractivity contribution in [2.45, 2.75) is 24.0 Å². The Kier molecular flexibility index (Phi) is 3.69. The number of benzene rings is 1. The fourth-order valence-electron chi connectivity index (χ4n) is 1.58. The SMILES string of the molecule is Cc1occc1SC(C)C(=O)c1ccccc1. The smallest absolute Gasteiger partial charge is 0.175 e. The monoisotopic (exact) mass is 246 g/mol. The van der Waals surface area contributed by atoms with Gasteiger partial charge in [-0.2, -0.15) is 0 Å². The normalized spacial score (nSPS) is 12.4. The summed E-state index contributed by atoms with van der Waals surface area (Å²) in [5, 5.41) is -0.103. The number of Topliss-reactive ketones (excluding diaryl/α,β-unsaturated/α-hetero) is 1. The van der Waals surface area contributed by atoms with Crippen LogP contribution in [0.1, 0.15) is 23.0 Å². The molecule has 1 atom stereocenters. The van der Waals surface area contributed by atoms with E-state index >= 15 is 0 Å². The van der Waals surface area contributed by atoms with Gasteiger partial charge in [-0.05, 0) is 19.9 Å². The molecule has 0 aliphatic carbocycles. The number of hydrogen-bond acceptors (Lipinski definition) is 3. The molecule has 1 heterocycles. The summed E-state index contributed by atoms with van der Waals surface area (Å²) >= 11 is 1.54. The average molecular weight is 246 g/mol. The summed E-state index contributed by atoms with van der Waals surface area (Å²) in [6, 6.07) is 11.3. The summed E-state index contributed by atoms with van der Waals surface area (Å²) in [7, 11) is 0. The molecule has 2 aromatic rings. The van der Waals surface area contributed by atoms with E-state index in [0.29, 0.717) is 0 Å². The molecule has 0 bridgehead atoms. The highest BCUT2D eigenvalue weighted by molar-refractivity contribution is 8.00. The predicted octanol–water partition coefficient (Wildman–Crippen LogP) is 3.95. The molecule has 0 aliphatic rings. The van der Waals surface area contributed by atoms with Crippen LogP contribution in [0.15, 0.2) is 52.0 Å². The molecular formula is C14H14O2S. The van der Waals surface area contributed by atoms with Crippen molar-refractivity contribution in [1.82, 2.24) is 0 Å². The summed E-state index contributed by atoms with van der Waals surface area (Å²) in [6.45, 7) is 3.83. The number of rotatable bonds is 4. The van der Waals surface area contributed by atoms with E-state index in [4.69, 9.17) is 4.42 Å². The molecule has 0 spiro atoms. The molecule has 0 fully saturated rings. The van der Waals surface area contributed by atoms with Crippen molar-refractivity contribution >= 4 is 17.5 Å². The van der Waals surface area contributed by atoms with Crippen LogP contribution in [0, 0.1) is 6.92 Å². The van der Waals surface area contributed by atoms with Crippen LogP contribution in [0.3, 0.4) is 0 Å². The fourth-order valence-corrected chi connectivity index (χ4v) is 2.55. The first-order chi connectivity index (χ1) is 8.18. The van der Waals surface area contributed by atoms with Gasteiger partial charge in [0.05, 0.1) is 11.5 Å². The second-order valence-corrected chi connectivity index (χ2v) is 5.21. The molecule has 3 heteroatoms. The zero-order chi connectivity index (χ0) is 12.3. The Morgan fingerprint density at radius 1 is 1.24 bits per heavy atom. The van der Waals surface area contributed by atoms with Gasteiger partial charge in [0.15, 0.2) is 5.78 Å². The molecule has 88 valence electrons. The maximum atomic E-state index is 12.1. The van der Waals surface area contributed by atoms with Crippen molar-refractivity contribution in [1.29, 1.82) is 0 Å². The van der Waals surface area contributed by atoms with Crippen LogP contribution >= 0.6 is 11.8 Å². The van der Waals surface area contributed by atoms with E-state index in [2.05, 4.69) is 0 Å². The summed E-state index contributed by atoms with van der Waals surface area (Å²) < 4.78 is 5.22. The highest BCUT2D eigenvalue weighted by atomic mass is 32.2. The quantitative estimate of drug-likeness (QED) is 0.604. The van der Waals surface area contributed by atoms with Crippen molar-refractivity contribution in [3.63, 3.8) is 0 Å². The molecule has 1 aromatic heterocycles. The topological polar surface area (TPSA) is 30.2 Å². The maximum Gasteiger partial charge on any atom is 0.175 e. The zero-order valence-electron chi connectivity index (χ0n) is 9.84. The van der Waals surface area contributed by atoms with Gasteiger partial charge in [0.2, 0.25) is 0 Å². The van der Waals surface area contributed by atoms with Crippen LogP contribution < -0.4 is 0 Å². The summed E-state index contributed by atoms with van der Waals surface area (Å²) in [5.74, 6) is 1.01. The second kappa shape index (κ2) is 5.23. The third kappa shape index (κ3) is 2.80. The van der Waals surface area contributed by atoms with Crippen molar-refractivity contribution in [3.8, 4) is 0 Å². The lowest BCUT2D eigenvalue weighted by molar-refractivity contribution is 0.0994. The summed E-state index contributed by atoms with van der Waals surface area (Å²) in [6.07, 6.45) is 1.65. The first-order valence-electron chi connectivity index (χ1n) is 5.48. The van der Waals surface area contributed by atoms with Crippen molar-refractivity contribution in [2.24, 2.45) is 0 Å². The lowest BCUT2D eigenvalue weighted by atomic mass is 10.1. The molecule has 2 rings (SSSR count). The Labute approximate surface area is 105 Å². The molecule has 0 radical (unpaired) electrons. The van der Waals surface area contributed by atoms with Crippen LogP contribution in [-0.4, -0.2) is 11.0 Å². The predicted molar refractivity (Wildman–Crippen MR) is 69.5 cm³/mol. The summed E-state index contributed by atoms with van der Waals surface area (Å²) in [5.41, 5.74) is 0.758. The Morgan fingerprint density at radius 3 is 2.53 bits per heavy atom. The molecule has 0 saturated heterocycles. The van der Waals surface area contributed by atoms with Gasteiger partial charge in [0.25, 0.3) is 0 Å². The van der Waals surface area contributed by atoms with Gasteiger partial charge < -0.3 is 4.42 Å². The number of aryl methyl sites for hydroxylation is 1. The van der Waals surface area contributed by atoms with Crippen LogP contribution in [0.4, 0.5) is 0 Å². The molecular weight excluding hydrogens is 232 g/mol. The van der Waals surface area contributed by atoms with Gasteiger partial charge in [0.1, 0.15) is 5.76 Å². The third-order valence-corrected chi connectivity index (χ3v) is 3.79. The Balaban J connectivity index is 2.09. The number of thioether (sulfide) groups is 1. The van der Waals surface area contributed by atoms with E-state index in [9.17, 15) is 4.79 Å². The van der Waals surface area contributed by atoms with E-state index in [1.54, 1.807) is 6.26 Å². The van der Waals surface area contributed by atoms with E-state index in [1.165, 1.54) is 11.8 Å². The van der Waals surface area contributed by atoms with Crippen molar-refractivity contribution in [3.05, 3.63) is 54.0 Å². The largest absolute Gasteiger partial charge is 0.468 e. The van der Waals surface area contributed by atoms with Gasteiger partial charge in [-0.15, -0.1) is 11.8 Å². The fraction of sp³-hybridized carbons (Fsp3) is 0.214. The number of carbonyl (C=O) groups excluding carboxylic acids is 1. The molecule has 2 nitrogen and oxygen atoms in total. The lowest BCUT2D eigenvalue weighted by Crippen LogP contribution is -2.13. The second-order valence-electron chi connectivity index (χ2n) is 3.83. The molecule has 1 aromatic carbocycles. The Hall–Kier alpha value is -1.48. The minimum atomic E-state index is -0.103. The van der Waals surface area contributed by atoms with E-state index in [-0.39, 0.29) is 11.0 Å². The van der Waals surface area contributed by atoms with E-state index in [0.717, 1.165) is 16.2 Å². The van der Waals surface area contributed by atoms with E-state index < -0.39 is 0 Å². The lowest BCUT2D eigenvalue weighted by Gasteiger charge is -2.09. The zero-order valence-corrected chi connectivity index (χ0v) is 10.7. The van der Waals surface area contributed by atoms with Gasteiger partial charge >= 0.3 is 0 Å². The molecule has 0 amide bonds. The molecule has 1 unspecified atom stereocenters. The van der Waals surface area contributed by atoms with Crippen LogP contribution in [0.5, 0.6) is 0 Å². The van der Waals surface area contributed by atoms with Gasteiger partial charge in [0, 0.05) is 10.5 Å². The summed E-state index contributed by atoms with van der Waals surface area (Å²) in [4.78, 5) is 13.2.